The minimum atomic E-state index is -0.945. The van der Waals surface area contributed by atoms with Crippen LogP contribution in [0.3, 0.4) is 0 Å². The zero-order chi connectivity index (χ0) is 14.0. The molecule has 0 spiro atoms. The third-order valence-corrected chi connectivity index (χ3v) is 1.78. The second-order valence-corrected chi connectivity index (χ2v) is 3.58. The third kappa shape index (κ3) is 8.49. The highest BCUT2D eigenvalue weighted by Gasteiger charge is 2.15. The van der Waals surface area contributed by atoms with Crippen molar-refractivity contribution in [2.45, 2.75) is 6.29 Å². The standard InChI is InChI=1S/C12H19NO5/c1-5-10(14)17-9-12(18-11(15)6-2)16-8-7-13(3)4/h5-6,12H,1-2,7-9H2,3-4H3. The molecule has 0 N–H and O–H groups in total. The van der Waals surface area contributed by atoms with Crippen molar-refractivity contribution in [3.8, 4) is 0 Å². The maximum atomic E-state index is 11.0. The van der Waals surface area contributed by atoms with Crippen LogP contribution in [0.15, 0.2) is 25.3 Å². The molecule has 0 rings (SSSR count). The third-order valence-electron chi connectivity index (χ3n) is 1.78. The monoisotopic (exact) mass is 257 g/mol. The molecule has 18 heavy (non-hydrogen) atoms. The molecule has 0 radical (unpaired) electrons. The quantitative estimate of drug-likeness (QED) is 0.337. The number of nitrogens with zero attached hydrogens (tertiary/aromatic N) is 1. The Kier molecular flexibility index (Phi) is 8.51. The van der Waals surface area contributed by atoms with Crippen LogP contribution in [0.1, 0.15) is 0 Å². The van der Waals surface area contributed by atoms with E-state index in [-0.39, 0.29) is 6.61 Å². The first-order valence-electron chi connectivity index (χ1n) is 5.38. The van der Waals surface area contributed by atoms with Crippen LogP contribution in [0.25, 0.3) is 0 Å². The lowest BCUT2D eigenvalue weighted by Gasteiger charge is -2.18. The van der Waals surface area contributed by atoms with Crippen molar-refractivity contribution < 1.29 is 23.8 Å². The van der Waals surface area contributed by atoms with Gasteiger partial charge in [0.25, 0.3) is 0 Å². The van der Waals surface area contributed by atoms with Crippen molar-refractivity contribution in [1.82, 2.24) is 4.90 Å². The van der Waals surface area contributed by atoms with E-state index in [9.17, 15) is 9.59 Å². The van der Waals surface area contributed by atoms with E-state index in [1.54, 1.807) is 0 Å². The van der Waals surface area contributed by atoms with Gasteiger partial charge in [-0.3, -0.25) is 0 Å². The topological polar surface area (TPSA) is 65.1 Å². The second-order valence-electron chi connectivity index (χ2n) is 3.58. The first kappa shape index (κ1) is 16.3. The van der Waals surface area contributed by atoms with Crippen LogP contribution in [-0.4, -0.2) is 57.0 Å². The zero-order valence-corrected chi connectivity index (χ0v) is 10.8. The normalized spacial score (nSPS) is 11.7. The van der Waals surface area contributed by atoms with Gasteiger partial charge in [-0.1, -0.05) is 13.2 Å². The second kappa shape index (κ2) is 9.38. The summed E-state index contributed by atoms with van der Waals surface area (Å²) in [4.78, 5) is 23.8. The Hall–Kier alpha value is -1.66. The molecule has 0 amide bonds. The molecule has 0 aliphatic rings. The molecule has 0 aromatic heterocycles. The zero-order valence-electron chi connectivity index (χ0n) is 10.8. The van der Waals surface area contributed by atoms with E-state index in [0.29, 0.717) is 13.2 Å². The number of likely N-dealkylation sites (N-methyl/N-ethyl adjacent to an activating group) is 1. The van der Waals surface area contributed by atoms with Gasteiger partial charge in [0.2, 0.25) is 6.29 Å². The summed E-state index contributed by atoms with van der Waals surface area (Å²) >= 11 is 0. The molecular weight excluding hydrogens is 238 g/mol. The molecule has 0 saturated carbocycles. The Morgan fingerprint density at radius 2 is 1.83 bits per heavy atom. The molecule has 1 unspecified atom stereocenters. The average molecular weight is 257 g/mol. The molecule has 0 aliphatic carbocycles. The van der Waals surface area contributed by atoms with Crippen LogP contribution in [0, 0.1) is 0 Å². The van der Waals surface area contributed by atoms with Gasteiger partial charge in [0.05, 0.1) is 6.61 Å². The van der Waals surface area contributed by atoms with E-state index in [1.807, 2.05) is 19.0 Å². The van der Waals surface area contributed by atoms with Gasteiger partial charge in [0, 0.05) is 18.7 Å². The van der Waals surface area contributed by atoms with Gasteiger partial charge in [-0.2, -0.15) is 0 Å². The average Bonchev–Trinajstić information content (AvgIpc) is 2.34. The lowest BCUT2D eigenvalue weighted by atomic mass is 10.5. The van der Waals surface area contributed by atoms with Crippen LogP contribution >= 0.6 is 0 Å². The molecule has 6 heteroatoms. The van der Waals surface area contributed by atoms with Crippen molar-refractivity contribution in [3.05, 3.63) is 25.3 Å². The highest BCUT2D eigenvalue weighted by molar-refractivity contribution is 5.82. The Morgan fingerprint density at radius 1 is 1.22 bits per heavy atom. The smallest absolute Gasteiger partial charge is 0.332 e. The van der Waals surface area contributed by atoms with Gasteiger partial charge in [-0.15, -0.1) is 0 Å². The van der Waals surface area contributed by atoms with E-state index < -0.39 is 18.2 Å². The van der Waals surface area contributed by atoms with Crippen molar-refractivity contribution in [2.75, 3.05) is 33.9 Å². The van der Waals surface area contributed by atoms with Gasteiger partial charge in [-0.05, 0) is 14.1 Å². The minimum Gasteiger partial charge on any atom is -0.456 e. The molecule has 0 saturated heterocycles. The molecule has 0 aromatic rings. The van der Waals surface area contributed by atoms with Gasteiger partial charge in [0.15, 0.2) is 6.61 Å². The number of hydrogen-bond acceptors (Lipinski definition) is 6. The van der Waals surface area contributed by atoms with Crippen LogP contribution in [0.2, 0.25) is 0 Å². The maximum Gasteiger partial charge on any atom is 0.332 e. The maximum absolute atomic E-state index is 11.0. The SMILES string of the molecule is C=CC(=O)OCC(OCCN(C)C)OC(=O)C=C. The molecule has 0 fully saturated rings. The predicted molar refractivity (Wildman–Crippen MR) is 65.7 cm³/mol. The van der Waals surface area contributed by atoms with E-state index in [1.165, 1.54) is 0 Å². The van der Waals surface area contributed by atoms with Crippen molar-refractivity contribution in [3.63, 3.8) is 0 Å². The summed E-state index contributed by atoms with van der Waals surface area (Å²) < 4.78 is 14.9. The Bertz CT molecular complexity index is 301. The number of esters is 2. The first-order chi connectivity index (χ1) is 8.49. The van der Waals surface area contributed by atoms with E-state index in [0.717, 1.165) is 12.2 Å². The lowest BCUT2D eigenvalue weighted by Crippen LogP contribution is -2.30. The van der Waals surface area contributed by atoms with E-state index in [2.05, 4.69) is 13.2 Å². The van der Waals surface area contributed by atoms with Gasteiger partial charge < -0.3 is 19.1 Å². The summed E-state index contributed by atoms with van der Waals surface area (Å²) in [5.41, 5.74) is 0. The summed E-state index contributed by atoms with van der Waals surface area (Å²) in [7, 11) is 3.76. The van der Waals surface area contributed by atoms with Gasteiger partial charge in [0.1, 0.15) is 0 Å². The lowest BCUT2D eigenvalue weighted by molar-refractivity contribution is -0.189. The van der Waals surface area contributed by atoms with Crippen LogP contribution in [-0.2, 0) is 23.8 Å². The highest BCUT2D eigenvalue weighted by Crippen LogP contribution is 1.99. The molecule has 0 bridgehead atoms. The number of ether oxygens (including phenoxy) is 3. The Labute approximate surface area is 107 Å². The molecule has 6 nitrogen and oxygen atoms in total. The Morgan fingerprint density at radius 3 is 2.33 bits per heavy atom. The number of carbonyl (C=O) groups excluding carboxylic acids is 2. The fourth-order valence-corrected chi connectivity index (χ4v) is 0.870. The molecular formula is C12H19NO5. The molecule has 0 heterocycles. The van der Waals surface area contributed by atoms with Crippen molar-refractivity contribution in [2.24, 2.45) is 0 Å². The molecule has 102 valence electrons. The summed E-state index contributed by atoms with van der Waals surface area (Å²) in [6, 6.07) is 0. The molecule has 0 aromatic carbocycles. The number of hydrogen-bond donors (Lipinski definition) is 0. The van der Waals surface area contributed by atoms with E-state index >= 15 is 0 Å². The summed E-state index contributed by atoms with van der Waals surface area (Å²) in [5, 5.41) is 0. The fraction of sp³-hybridized carbons (Fsp3) is 0.500. The first-order valence-corrected chi connectivity index (χ1v) is 5.38. The van der Waals surface area contributed by atoms with Gasteiger partial charge in [-0.25, -0.2) is 9.59 Å². The molecule has 1 atom stereocenters. The van der Waals surface area contributed by atoms with Crippen LogP contribution in [0.5, 0.6) is 0 Å². The van der Waals surface area contributed by atoms with Gasteiger partial charge >= 0.3 is 11.9 Å². The largest absolute Gasteiger partial charge is 0.456 e. The number of carbonyl (C=O) groups is 2. The fourth-order valence-electron chi connectivity index (χ4n) is 0.870. The van der Waals surface area contributed by atoms with Crippen molar-refractivity contribution >= 4 is 11.9 Å². The summed E-state index contributed by atoms with van der Waals surface area (Å²) in [6.07, 6.45) is 1.09. The van der Waals surface area contributed by atoms with Crippen molar-refractivity contribution in [1.29, 1.82) is 0 Å². The highest BCUT2D eigenvalue weighted by atomic mass is 16.7. The minimum absolute atomic E-state index is 0.183. The summed E-state index contributed by atoms with van der Waals surface area (Å²) in [5.74, 6) is -1.25. The van der Waals surface area contributed by atoms with Crippen LogP contribution in [0.4, 0.5) is 0 Å². The number of rotatable bonds is 9. The summed E-state index contributed by atoms with van der Waals surface area (Å²) in [6.45, 7) is 7.34. The van der Waals surface area contributed by atoms with E-state index in [4.69, 9.17) is 14.2 Å². The van der Waals surface area contributed by atoms with Crippen LogP contribution < -0.4 is 0 Å². The molecule has 0 aliphatic heterocycles. The predicted octanol–water partition coefficient (Wildman–Crippen LogP) is 0.349. The Balaban J connectivity index is 4.14.